The van der Waals surface area contributed by atoms with Gasteiger partial charge in [0.25, 0.3) is 5.91 Å². The van der Waals surface area contributed by atoms with Gasteiger partial charge in [0.2, 0.25) is 5.69 Å². The lowest BCUT2D eigenvalue weighted by atomic mass is 10.1. The summed E-state index contributed by atoms with van der Waals surface area (Å²) in [5.41, 5.74) is 7.38. The molecule has 0 aromatic heterocycles. The lowest BCUT2D eigenvalue weighted by Gasteiger charge is -1.94. The molecular weight excluding hydrogens is 152 g/mol. The number of hydrogen-bond donors (Lipinski definition) is 2. The summed E-state index contributed by atoms with van der Waals surface area (Å²) in [5, 5.41) is 2.84. The van der Waals surface area contributed by atoms with Gasteiger partial charge in [-0.3, -0.25) is 4.79 Å². The van der Waals surface area contributed by atoms with E-state index in [1.165, 1.54) is 0 Å². The summed E-state index contributed by atoms with van der Waals surface area (Å²) in [6, 6.07) is 5.38. The molecule has 0 spiro atoms. The summed E-state index contributed by atoms with van der Waals surface area (Å²) in [6.45, 7) is 0. The van der Waals surface area contributed by atoms with Crippen molar-refractivity contribution in [1.82, 2.24) is 0 Å². The van der Waals surface area contributed by atoms with Gasteiger partial charge in [0.15, 0.2) is 5.56 Å². The predicted octanol–water partition coefficient (Wildman–Crippen LogP) is 0.985. The summed E-state index contributed by atoms with van der Waals surface area (Å²) in [5.74, 6) is -0.420. The van der Waals surface area contributed by atoms with Gasteiger partial charge < -0.3 is 5.73 Å². The topological polar surface area (TPSA) is 55.1 Å². The molecule has 58 valence electrons. The maximum absolute atomic E-state index is 10.9. The van der Waals surface area contributed by atoms with E-state index in [0.29, 0.717) is 5.56 Å². The smallest absolute Gasteiger partial charge is 0.265 e. The van der Waals surface area contributed by atoms with Crippen LogP contribution in [-0.4, -0.2) is 5.91 Å². The molecule has 3 N–H and O–H groups in total. The van der Waals surface area contributed by atoms with Gasteiger partial charge >= 0.3 is 0 Å². The van der Waals surface area contributed by atoms with Gasteiger partial charge in [-0.15, -0.1) is 0 Å². The number of para-hydroxylation sites is 1. The molecule has 0 unspecified atom stereocenters. The van der Waals surface area contributed by atoms with Crippen molar-refractivity contribution in [3.8, 4) is 0 Å². The average molecular weight is 159 g/mol. The molecule has 1 aromatic rings. The Hall–Kier alpha value is -1.86. The zero-order valence-corrected chi connectivity index (χ0v) is 6.29. The lowest BCUT2D eigenvalue weighted by molar-refractivity contribution is 0.100. The second-order valence-electron chi connectivity index (χ2n) is 2.55. The van der Waals surface area contributed by atoms with E-state index in [0.717, 1.165) is 11.3 Å². The molecule has 1 aliphatic rings. The number of fused-ring (bicyclic) bond motifs is 1. The first-order valence-corrected chi connectivity index (χ1v) is 3.56. The van der Waals surface area contributed by atoms with Crippen LogP contribution in [0.2, 0.25) is 0 Å². The number of primary amides is 1. The van der Waals surface area contributed by atoms with Crippen LogP contribution in [0.4, 0.5) is 5.69 Å². The molecule has 0 saturated carbocycles. The first-order valence-electron chi connectivity index (χ1n) is 3.56. The number of carbonyl (C=O) groups excluding carboxylic acids is 1. The van der Waals surface area contributed by atoms with Crippen LogP contribution in [0.5, 0.6) is 0 Å². The molecule has 3 nitrogen and oxygen atoms in total. The molecule has 0 atom stereocenters. The van der Waals surface area contributed by atoms with E-state index in [-0.39, 0.29) is 0 Å². The number of nitrogens with one attached hydrogen (secondary N) is 1. The molecule has 0 bridgehead atoms. The Balaban J connectivity index is 2.60. The maximum Gasteiger partial charge on any atom is 0.265 e. The maximum atomic E-state index is 10.9. The number of amides is 1. The van der Waals surface area contributed by atoms with E-state index in [2.05, 4.69) is 11.5 Å². The quantitative estimate of drug-likeness (QED) is 0.600. The third-order valence-electron chi connectivity index (χ3n) is 1.79. The Bertz CT molecular complexity index is 369. The number of anilines is 1. The second kappa shape index (κ2) is 2.32. The highest BCUT2D eigenvalue weighted by molar-refractivity contribution is 6.01. The van der Waals surface area contributed by atoms with Gasteiger partial charge in [-0.1, -0.05) is 0 Å². The number of rotatable bonds is 1. The fourth-order valence-electron chi connectivity index (χ4n) is 1.22. The van der Waals surface area contributed by atoms with Crippen LogP contribution < -0.4 is 11.1 Å². The largest absolute Gasteiger partial charge is 0.364 e. The molecule has 1 aliphatic heterocycles. The van der Waals surface area contributed by atoms with Crippen LogP contribution in [0, 0.1) is 6.20 Å². The van der Waals surface area contributed by atoms with Crippen molar-refractivity contribution in [2.24, 2.45) is 5.73 Å². The number of hydrogen-bond acceptors (Lipinski definition) is 2. The SMILES string of the molecule is NC(=O)c1cccc2c1N[C+]=C2. The summed E-state index contributed by atoms with van der Waals surface area (Å²) >= 11 is 0. The van der Waals surface area contributed by atoms with E-state index >= 15 is 0 Å². The first kappa shape index (κ1) is 6.83. The van der Waals surface area contributed by atoms with Crippen LogP contribution in [0.15, 0.2) is 18.2 Å². The van der Waals surface area contributed by atoms with E-state index in [4.69, 9.17) is 5.73 Å². The Morgan fingerprint density at radius 3 is 3.08 bits per heavy atom. The van der Waals surface area contributed by atoms with Crippen molar-refractivity contribution in [2.75, 3.05) is 5.32 Å². The third-order valence-corrected chi connectivity index (χ3v) is 1.79. The third kappa shape index (κ3) is 0.847. The van der Waals surface area contributed by atoms with E-state index < -0.39 is 5.91 Å². The molecule has 1 aromatic carbocycles. The number of carbonyl (C=O) groups is 1. The van der Waals surface area contributed by atoms with Gasteiger partial charge in [-0.05, 0) is 12.1 Å². The second-order valence-corrected chi connectivity index (χ2v) is 2.55. The summed E-state index contributed by atoms with van der Waals surface area (Å²) in [4.78, 5) is 10.9. The first-order chi connectivity index (χ1) is 5.79. The van der Waals surface area contributed by atoms with Crippen LogP contribution in [0.1, 0.15) is 15.9 Å². The molecular formula is C9H7N2O+. The standard InChI is InChI=1S/C9H6N2O/c10-9(12)7-3-1-2-6-4-5-11-8(6)7/h1-4H,(H2-,10,11,12)/p+1. The molecule has 0 fully saturated rings. The van der Waals surface area contributed by atoms with Crippen LogP contribution >= 0.6 is 0 Å². The Morgan fingerprint density at radius 1 is 1.50 bits per heavy atom. The Kier molecular flexibility index (Phi) is 1.32. The van der Waals surface area contributed by atoms with Gasteiger partial charge in [0.05, 0.1) is 0 Å². The van der Waals surface area contributed by atoms with Crippen LogP contribution in [0.3, 0.4) is 0 Å². The normalized spacial score (nSPS) is 11.7. The van der Waals surface area contributed by atoms with Crippen molar-refractivity contribution >= 4 is 17.7 Å². The highest BCUT2D eigenvalue weighted by atomic mass is 16.1. The van der Waals surface area contributed by atoms with E-state index in [1.54, 1.807) is 18.2 Å². The van der Waals surface area contributed by atoms with Crippen molar-refractivity contribution in [1.29, 1.82) is 0 Å². The monoisotopic (exact) mass is 159 g/mol. The van der Waals surface area contributed by atoms with Crippen molar-refractivity contribution < 1.29 is 4.79 Å². The van der Waals surface area contributed by atoms with Gasteiger partial charge in [0.1, 0.15) is 17.8 Å². The molecule has 0 saturated heterocycles. The van der Waals surface area contributed by atoms with Crippen LogP contribution in [0.25, 0.3) is 6.08 Å². The molecule has 0 radical (unpaired) electrons. The Labute approximate surface area is 69.9 Å². The van der Waals surface area contributed by atoms with Crippen molar-refractivity contribution in [3.05, 3.63) is 35.5 Å². The lowest BCUT2D eigenvalue weighted by Crippen LogP contribution is -2.12. The highest BCUT2D eigenvalue weighted by Gasteiger charge is 2.22. The summed E-state index contributed by atoms with van der Waals surface area (Å²) in [6.07, 6.45) is 4.58. The van der Waals surface area contributed by atoms with Gasteiger partial charge in [0, 0.05) is 6.07 Å². The molecule has 12 heavy (non-hydrogen) atoms. The zero-order chi connectivity index (χ0) is 8.55. The zero-order valence-electron chi connectivity index (χ0n) is 6.29. The molecule has 1 amide bonds. The average Bonchev–Trinajstić information content (AvgIpc) is 2.49. The van der Waals surface area contributed by atoms with Gasteiger partial charge in [-0.25, -0.2) is 0 Å². The molecule has 1 heterocycles. The van der Waals surface area contributed by atoms with Gasteiger partial charge in [-0.2, -0.15) is 5.32 Å². The fraction of sp³-hybridized carbons (Fsp3) is 0. The molecule has 0 aliphatic carbocycles. The number of nitrogens with two attached hydrogens (primary N) is 1. The molecule has 3 heteroatoms. The summed E-state index contributed by atoms with van der Waals surface area (Å²) < 4.78 is 0. The highest BCUT2D eigenvalue weighted by Crippen LogP contribution is 2.25. The minimum atomic E-state index is -0.420. The van der Waals surface area contributed by atoms with E-state index in [1.807, 2.05) is 6.07 Å². The Morgan fingerprint density at radius 2 is 2.33 bits per heavy atom. The summed E-state index contributed by atoms with van der Waals surface area (Å²) in [7, 11) is 0. The minimum absolute atomic E-state index is 0.420. The fourth-order valence-corrected chi connectivity index (χ4v) is 1.22. The number of benzene rings is 1. The van der Waals surface area contributed by atoms with E-state index in [9.17, 15) is 4.79 Å². The predicted molar refractivity (Wildman–Crippen MR) is 46.3 cm³/mol. The minimum Gasteiger partial charge on any atom is -0.364 e. The van der Waals surface area contributed by atoms with Crippen LogP contribution in [-0.2, 0) is 0 Å². The van der Waals surface area contributed by atoms with Crippen molar-refractivity contribution in [3.63, 3.8) is 0 Å². The molecule has 2 rings (SSSR count). The van der Waals surface area contributed by atoms with Crippen molar-refractivity contribution in [2.45, 2.75) is 0 Å².